The standard InChI is InChI=1S/C28H38N6O6S/c1-17(32-27(39)21(29)14-19-8-10-20(35)11-9-19)26(38)31-16-24(36)33-23(15-18-6-4-3-5-7-18)28(40)34-22(25(30)37)12-13-41-2/h3-11,17,21-23,35H,12-16,29H2,1-2H3,(H2,30,37)(H,31,38)(H,32,39)(H,33,36)(H,34,40)/t17-,21+,22+,23+/m1/s1. The summed E-state index contributed by atoms with van der Waals surface area (Å²) in [6.45, 7) is 0.992. The van der Waals surface area contributed by atoms with Gasteiger partial charge in [0.1, 0.15) is 23.9 Å². The second-order valence-electron chi connectivity index (χ2n) is 9.48. The van der Waals surface area contributed by atoms with E-state index in [2.05, 4.69) is 21.3 Å². The minimum atomic E-state index is -1.03. The van der Waals surface area contributed by atoms with Crippen LogP contribution in [0.3, 0.4) is 0 Å². The third-order valence-electron chi connectivity index (χ3n) is 6.11. The molecule has 0 aliphatic heterocycles. The van der Waals surface area contributed by atoms with E-state index in [9.17, 15) is 29.1 Å². The SMILES string of the molecule is CSCC[C@H](NC(=O)[C@H](Cc1ccccc1)NC(=O)CNC(=O)[C@@H](C)NC(=O)[C@@H](N)Cc1ccc(O)cc1)C(N)=O. The summed E-state index contributed by atoms with van der Waals surface area (Å²) in [7, 11) is 0. The van der Waals surface area contributed by atoms with Gasteiger partial charge in [-0.25, -0.2) is 0 Å². The number of rotatable bonds is 16. The van der Waals surface area contributed by atoms with Crippen LogP contribution in [0.25, 0.3) is 0 Å². The van der Waals surface area contributed by atoms with Crippen molar-refractivity contribution in [2.75, 3.05) is 18.6 Å². The Morgan fingerprint density at radius 2 is 1.46 bits per heavy atom. The van der Waals surface area contributed by atoms with Crippen LogP contribution in [-0.4, -0.2) is 77.4 Å². The number of nitrogens with one attached hydrogen (secondary N) is 4. The van der Waals surface area contributed by atoms with Crippen molar-refractivity contribution >= 4 is 41.3 Å². The molecule has 0 saturated heterocycles. The van der Waals surface area contributed by atoms with Crippen LogP contribution in [0.5, 0.6) is 5.75 Å². The Morgan fingerprint density at radius 3 is 2.07 bits per heavy atom. The number of hydrogen-bond donors (Lipinski definition) is 7. The van der Waals surface area contributed by atoms with Crippen LogP contribution < -0.4 is 32.7 Å². The van der Waals surface area contributed by atoms with Crippen molar-refractivity contribution in [1.82, 2.24) is 21.3 Å². The maximum absolute atomic E-state index is 13.0. The topological polar surface area (TPSA) is 206 Å². The van der Waals surface area contributed by atoms with Gasteiger partial charge in [-0.1, -0.05) is 42.5 Å². The predicted octanol–water partition coefficient (Wildman–Crippen LogP) is -0.666. The van der Waals surface area contributed by atoms with E-state index < -0.39 is 60.2 Å². The molecule has 0 aromatic heterocycles. The van der Waals surface area contributed by atoms with Gasteiger partial charge in [-0.15, -0.1) is 0 Å². The Balaban J connectivity index is 1.93. The molecule has 4 atom stereocenters. The lowest BCUT2D eigenvalue weighted by Crippen LogP contribution is -2.56. The number of primary amides is 1. The summed E-state index contributed by atoms with van der Waals surface area (Å²) in [6.07, 6.45) is 2.55. The zero-order valence-corrected chi connectivity index (χ0v) is 23.9. The monoisotopic (exact) mass is 586 g/mol. The summed E-state index contributed by atoms with van der Waals surface area (Å²) in [5.74, 6) is -2.39. The molecule has 0 aliphatic carbocycles. The first-order valence-corrected chi connectivity index (χ1v) is 14.4. The van der Waals surface area contributed by atoms with Crippen LogP contribution in [0.2, 0.25) is 0 Å². The molecular formula is C28H38N6O6S. The number of benzene rings is 2. The molecule has 13 heteroatoms. The van der Waals surface area contributed by atoms with Gasteiger partial charge in [0.2, 0.25) is 29.5 Å². The van der Waals surface area contributed by atoms with Crippen molar-refractivity contribution in [2.45, 2.75) is 50.4 Å². The van der Waals surface area contributed by atoms with E-state index in [1.165, 1.54) is 30.8 Å². The smallest absolute Gasteiger partial charge is 0.243 e. The van der Waals surface area contributed by atoms with E-state index in [4.69, 9.17) is 11.5 Å². The highest BCUT2D eigenvalue weighted by atomic mass is 32.2. The first-order valence-electron chi connectivity index (χ1n) is 13.0. The fourth-order valence-electron chi connectivity index (χ4n) is 3.78. The van der Waals surface area contributed by atoms with E-state index in [-0.39, 0.29) is 18.6 Å². The lowest BCUT2D eigenvalue weighted by molar-refractivity contribution is -0.132. The molecule has 0 fully saturated rings. The highest BCUT2D eigenvalue weighted by molar-refractivity contribution is 7.98. The number of aromatic hydroxyl groups is 1. The number of hydrogen-bond acceptors (Lipinski definition) is 8. The van der Waals surface area contributed by atoms with Gasteiger partial charge in [0.15, 0.2) is 0 Å². The van der Waals surface area contributed by atoms with Gasteiger partial charge in [-0.2, -0.15) is 11.8 Å². The summed E-state index contributed by atoms with van der Waals surface area (Å²) < 4.78 is 0. The molecule has 0 unspecified atom stereocenters. The summed E-state index contributed by atoms with van der Waals surface area (Å²) in [5.41, 5.74) is 12.9. The molecule has 2 aromatic rings. The molecule has 41 heavy (non-hydrogen) atoms. The summed E-state index contributed by atoms with van der Waals surface area (Å²) in [5, 5.41) is 19.5. The number of nitrogens with two attached hydrogens (primary N) is 2. The quantitative estimate of drug-likeness (QED) is 0.134. The molecule has 9 N–H and O–H groups in total. The van der Waals surface area contributed by atoms with E-state index in [1.807, 2.05) is 12.3 Å². The highest BCUT2D eigenvalue weighted by Crippen LogP contribution is 2.11. The Bertz CT molecular complexity index is 1180. The van der Waals surface area contributed by atoms with Crippen molar-refractivity contribution < 1.29 is 29.1 Å². The zero-order valence-electron chi connectivity index (χ0n) is 23.1. The minimum Gasteiger partial charge on any atom is -0.508 e. The van der Waals surface area contributed by atoms with Gasteiger partial charge in [0.25, 0.3) is 0 Å². The highest BCUT2D eigenvalue weighted by Gasteiger charge is 2.26. The number of phenols is 1. The van der Waals surface area contributed by atoms with Crippen molar-refractivity contribution in [3.8, 4) is 5.75 Å². The lowest BCUT2D eigenvalue weighted by atomic mass is 10.0. The van der Waals surface area contributed by atoms with Crippen LogP contribution in [-0.2, 0) is 36.8 Å². The molecule has 0 heterocycles. The minimum absolute atomic E-state index is 0.0918. The van der Waals surface area contributed by atoms with Gasteiger partial charge < -0.3 is 37.8 Å². The molecule has 0 saturated carbocycles. The maximum atomic E-state index is 13.0. The molecule has 12 nitrogen and oxygen atoms in total. The van der Waals surface area contributed by atoms with Crippen LogP contribution in [0, 0.1) is 0 Å². The van der Waals surface area contributed by atoms with Crippen molar-refractivity contribution in [3.63, 3.8) is 0 Å². The van der Waals surface area contributed by atoms with Gasteiger partial charge >= 0.3 is 0 Å². The number of phenolic OH excluding ortho intramolecular Hbond substituents is 1. The lowest BCUT2D eigenvalue weighted by Gasteiger charge is -2.22. The summed E-state index contributed by atoms with van der Waals surface area (Å²) in [6, 6.07) is 11.4. The maximum Gasteiger partial charge on any atom is 0.243 e. The van der Waals surface area contributed by atoms with E-state index >= 15 is 0 Å². The van der Waals surface area contributed by atoms with Crippen LogP contribution in [0.1, 0.15) is 24.5 Å². The number of carbonyl (C=O) groups is 5. The van der Waals surface area contributed by atoms with Crippen LogP contribution in [0.4, 0.5) is 0 Å². The Hall–Kier alpha value is -4.10. The molecule has 2 aromatic carbocycles. The summed E-state index contributed by atoms with van der Waals surface area (Å²) >= 11 is 1.50. The molecule has 0 bridgehead atoms. The Morgan fingerprint density at radius 1 is 0.829 bits per heavy atom. The van der Waals surface area contributed by atoms with Gasteiger partial charge in [0.05, 0.1) is 12.6 Å². The zero-order chi connectivity index (χ0) is 30.4. The van der Waals surface area contributed by atoms with Crippen molar-refractivity contribution in [1.29, 1.82) is 0 Å². The Kier molecular flexibility index (Phi) is 13.6. The Labute approximate surface area is 243 Å². The molecule has 0 radical (unpaired) electrons. The largest absolute Gasteiger partial charge is 0.508 e. The third kappa shape index (κ3) is 11.9. The molecule has 5 amide bonds. The first-order chi connectivity index (χ1) is 19.5. The van der Waals surface area contributed by atoms with Crippen molar-refractivity contribution in [3.05, 3.63) is 65.7 Å². The molecule has 0 spiro atoms. The average Bonchev–Trinajstić information content (AvgIpc) is 2.94. The fourth-order valence-corrected chi connectivity index (χ4v) is 4.25. The van der Waals surface area contributed by atoms with E-state index in [1.54, 1.807) is 36.4 Å². The molecule has 222 valence electrons. The molecular weight excluding hydrogens is 548 g/mol. The van der Waals surface area contributed by atoms with E-state index in [0.717, 1.165) is 11.1 Å². The van der Waals surface area contributed by atoms with E-state index in [0.29, 0.717) is 12.2 Å². The predicted molar refractivity (Wildman–Crippen MR) is 157 cm³/mol. The molecule has 0 aliphatic rings. The van der Waals surface area contributed by atoms with Gasteiger partial charge in [-0.05, 0) is 55.0 Å². The number of thioether (sulfide) groups is 1. The normalized spacial score (nSPS) is 13.6. The first kappa shape index (κ1) is 33.1. The van der Waals surface area contributed by atoms with Gasteiger partial charge in [-0.3, -0.25) is 24.0 Å². The third-order valence-corrected chi connectivity index (χ3v) is 6.75. The average molecular weight is 587 g/mol. The number of carbonyl (C=O) groups excluding carboxylic acids is 5. The van der Waals surface area contributed by atoms with Crippen LogP contribution in [0.15, 0.2) is 54.6 Å². The van der Waals surface area contributed by atoms with Crippen LogP contribution >= 0.6 is 11.8 Å². The second kappa shape index (κ2) is 16.9. The molecule has 2 rings (SSSR count). The van der Waals surface area contributed by atoms with Crippen molar-refractivity contribution in [2.24, 2.45) is 11.5 Å². The second-order valence-corrected chi connectivity index (χ2v) is 10.5. The summed E-state index contributed by atoms with van der Waals surface area (Å²) in [4.78, 5) is 62.5. The van der Waals surface area contributed by atoms with Gasteiger partial charge in [0, 0.05) is 6.42 Å². The fraction of sp³-hybridized carbons (Fsp3) is 0.393. The number of amides is 5.